The first-order chi connectivity index (χ1) is 9.02. The number of rotatable bonds is 5. The summed E-state index contributed by atoms with van der Waals surface area (Å²) in [6, 6.07) is 7.11. The zero-order valence-corrected chi connectivity index (χ0v) is 13.1. The summed E-state index contributed by atoms with van der Waals surface area (Å²) in [5.74, 6) is 0.734. The SMILES string of the molecule is Cc1cc(C)cc(C2(CNCC(C)C)CCCC2)c1. The van der Waals surface area contributed by atoms with Crippen LogP contribution in [0.25, 0.3) is 0 Å². The van der Waals surface area contributed by atoms with Crippen molar-refractivity contribution in [2.75, 3.05) is 13.1 Å². The molecule has 1 N–H and O–H groups in total. The fraction of sp³-hybridized carbons (Fsp3) is 0.667. The van der Waals surface area contributed by atoms with Gasteiger partial charge in [-0.3, -0.25) is 0 Å². The van der Waals surface area contributed by atoms with Gasteiger partial charge >= 0.3 is 0 Å². The maximum Gasteiger partial charge on any atom is 0.00779 e. The first kappa shape index (κ1) is 14.6. The second-order valence-electron chi connectivity index (χ2n) is 6.89. The molecule has 1 saturated carbocycles. The van der Waals surface area contributed by atoms with Gasteiger partial charge in [0.25, 0.3) is 0 Å². The van der Waals surface area contributed by atoms with Crippen LogP contribution in [0.2, 0.25) is 0 Å². The third kappa shape index (κ3) is 3.60. The lowest BCUT2D eigenvalue weighted by Gasteiger charge is -2.31. The molecule has 0 radical (unpaired) electrons. The highest BCUT2D eigenvalue weighted by atomic mass is 14.9. The molecule has 1 fully saturated rings. The van der Waals surface area contributed by atoms with E-state index in [1.807, 2.05) is 0 Å². The van der Waals surface area contributed by atoms with E-state index >= 15 is 0 Å². The Kier molecular flexibility index (Phi) is 4.67. The van der Waals surface area contributed by atoms with Crippen molar-refractivity contribution in [3.63, 3.8) is 0 Å². The standard InChI is InChI=1S/C18H29N/c1-14(2)12-19-13-18(7-5-6-8-18)17-10-15(3)9-16(4)11-17/h9-11,14,19H,5-8,12-13H2,1-4H3. The Labute approximate surface area is 118 Å². The lowest BCUT2D eigenvalue weighted by atomic mass is 9.77. The predicted molar refractivity (Wildman–Crippen MR) is 83.8 cm³/mol. The normalized spacial score (nSPS) is 18.2. The van der Waals surface area contributed by atoms with E-state index in [0.29, 0.717) is 5.41 Å². The van der Waals surface area contributed by atoms with E-state index < -0.39 is 0 Å². The molecule has 2 rings (SSSR count). The molecule has 19 heavy (non-hydrogen) atoms. The third-order valence-electron chi connectivity index (χ3n) is 4.41. The molecule has 1 heteroatoms. The summed E-state index contributed by atoms with van der Waals surface area (Å²) < 4.78 is 0. The molecule has 1 aromatic carbocycles. The van der Waals surface area contributed by atoms with E-state index in [2.05, 4.69) is 51.2 Å². The van der Waals surface area contributed by atoms with Gasteiger partial charge in [-0.1, -0.05) is 56.0 Å². The molecule has 0 atom stereocenters. The van der Waals surface area contributed by atoms with Crippen molar-refractivity contribution in [2.45, 2.75) is 58.8 Å². The Morgan fingerprint density at radius 1 is 1.05 bits per heavy atom. The molecule has 0 spiro atoms. The topological polar surface area (TPSA) is 12.0 Å². The van der Waals surface area contributed by atoms with E-state index in [-0.39, 0.29) is 0 Å². The first-order valence-corrected chi connectivity index (χ1v) is 7.81. The quantitative estimate of drug-likeness (QED) is 0.828. The molecule has 106 valence electrons. The van der Waals surface area contributed by atoms with Crippen molar-refractivity contribution in [1.29, 1.82) is 0 Å². The van der Waals surface area contributed by atoms with Crippen LogP contribution in [0.1, 0.15) is 56.2 Å². The summed E-state index contributed by atoms with van der Waals surface area (Å²) in [7, 11) is 0. The number of benzene rings is 1. The van der Waals surface area contributed by atoms with Crippen LogP contribution in [0.15, 0.2) is 18.2 Å². The van der Waals surface area contributed by atoms with Gasteiger partial charge in [-0.25, -0.2) is 0 Å². The molecule has 1 aliphatic carbocycles. The van der Waals surface area contributed by atoms with E-state index in [4.69, 9.17) is 0 Å². The van der Waals surface area contributed by atoms with Crippen LogP contribution in [0.3, 0.4) is 0 Å². The molecular formula is C18H29N. The van der Waals surface area contributed by atoms with Crippen LogP contribution in [0.5, 0.6) is 0 Å². The molecule has 0 heterocycles. The van der Waals surface area contributed by atoms with Gasteiger partial charge in [0.1, 0.15) is 0 Å². The van der Waals surface area contributed by atoms with Gasteiger partial charge < -0.3 is 5.32 Å². The Morgan fingerprint density at radius 3 is 2.16 bits per heavy atom. The van der Waals surface area contributed by atoms with Gasteiger partial charge in [0.05, 0.1) is 0 Å². The second-order valence-corrected chi connectivity index (χ2v) is 6.89. The Bertz CT molecular complexity index is 393. The summed E-state index contributed by atoms with van der Waals surface area (Å²) in [6.07, 6.45) is 5.47. The van der Waals surface area contributed by atoms with Crippen LogP contribution in [0, 0.1) is 19.8 Å². The molecule has 0 aliphatic heterocycles. The fourth-order valence-electron chi connectivity index (χ4n) is 3.50. The Morgan fingerprint density at radius 2 is 1.63 bits per heavy atom. The summed E-state index contributed by atoms with van der Waals surface area (Å²) in [6.45, 7) is 11.3. The smallest absolute Gasteiger partial charge is 0.00779 e. The molecule has 1 nitrogen and oxygen atoms in total. The average molecular weight is 259 g/mol. The second kappa shape index (κ2) is 6.09. The van der Waals surface area contributed by atoms with E-state index in [0.717, 1.165) is 19.0 Å². The predicted octanol–water partition coefficient (Wildman–Crippen LogP) is 4.36. The van der Waals surface area contributed by atoms with E-state index in [1.54, 1.807) is 5.56 Å². The molecule has 0 aromatic heterocycles. The van der Waals surface area contributed by atoms with Gasteiger partial charge in [0.2, 0.25) is 0 Å². The van der Waals surface area contributed by atoms with Crippen LogP contribution in [0.4, 0.5) is 0 Å². The van der Waals surface area contributed by atoms with E-state index in [1.165, 1.54) is 36.8 Å². The number of nitrogens with one attached hydrogen (secondary N) is 1. The molecular weight excluding hydrogens is 230 g/mol. The lowest BCUT2D eigenvalue weighted by molar-refractivity contribution is 0.390. The first-order valence-electron chi connectivity index (χ1n) is 7.81. The third-order valence-corrected chi connectivity index (χ3v) is 4.41. The molecule has 0 saturated heterocycles. The van der Waals surface area contributed by atoms with Crippen molar-refractivity contribution >= 4 is 0 Å². The van der Waals surface area contributed by atoms with Crippen molar-refractivity contribution in [2.24, 2.45) is 5.92 Å². The van der Waals surface area contributed by atoms with Gasteiger partial charge in [-0.15, -0.1) is 0 Å². The summed E-state index contributed by atoms with van der Waals surface area (Å²) in [4.78, 5) is 0. The minimum absolute atomic E-state index is 0.395. The van der Waals surface area contributed by atoms with Crippen molar-refractivity contribution < 1.29 is 0 Å². The van der Waals surface area contributed by atoms with Crippen molar-refractivity contribution in [3.8, 4) is 0 Å². The highest BCUT2D eigenvalue weighted by Gasteiger charge is 2.35. The van der Waals surface area contributed by atoms with Crippen molar-refractivity contribution in [3.05, 3.63) is 34.9 Å². The number of hydrogen-bond donors (Lipinski definition) is 1. The van der Waals surface area contributed by atoms with Crippen LogP contribution >= 0.6 is 0 Å². The van der Waals surface area contributed by atoms with E-state index in [9.17, 15) is 0 Å². The molecule has 1 aliphatic rings. The largest absolute Gasteiger partial charge is 0.316 e. The van der Waals surface area contributed by atoms with Gasteiger partial charge in [-0.05, 0) is 44.7 Å². The van der Waals surface area contributed by atoms with Crippen LogP contribution < -0.4 is 5.32 Å². The number of hydrogen-bond acceptors (Lipinski definition) is 1. The minimum atomic E-state index is 0.395. The summed E-state index contributed by atoms with van der Waals surface area (Å²) in [5, 5.41) is 3.71. The highest BCUT2D eigenvalue weighted by Crippen LogP contribution is 2.41. The highest BCUT2D eigenvalue weighted by molar-refractivity contribution is 5.35. The lowest BCUT2D eigenvalue weighted by Crippen LogP contribution is -2.37. The minimum Gasteiger partial charge on any atom is -0.316 e. The van der Waals surface area contributed by atoms with Gasteiger partial charge in [0, 0.05) is 12.0 Å². The van der Waals surface area contributed by atoms with Crippen LogP contribution in [-0.4, -0.2) is 13.1 Å². The Hall–Kier alpha value is -0.820. The van der Waals surface area contributed by atoms with Crippen molar-refractivity contribution in [1.82, 2.24) is 5.32 Å². The Balaban J connectivity index is 2.18. The zero-order valence-electron chi connectivity index (χ0n) is 13.1. The average Bonchev–Trinajstić information content (AvgIpc) is 2.77. The maximum absolute atomic E-state index is 3.71. The summed E-state index contributed by atoms with van der Waals surface area (Å²) >= 11 is 0. The molecule has 0 amide bonds. The molecule has 0 bridgehead atoms. The monoisotopic (exact) mass is 259 g/mol. The van der Waals surface area contributed by atoms with Gasteiger partial charge in [-0.2, -0.15) is 0 Å². The van der Waals surface area contributed by atoms with Gasteiger partial charge in [0.15, 0.2) is 0 Å². The molecule has 0 unspecified atom stereocenters. The number of aryl methyl sites for hydroxylation is 2. The maximum atomic E-state index is 3.71. The zero-order chi connectivity index (χ0) is 13.9. The summed E-state index contributed by atoms with van der Waals surface area (Å²) in [5.41, 5.74) is 4.78. The van der Waals surface area contributed by atoms with Crippen LogP contribution in [-0.2, 0) is 5.41 Å². The molecule has 1 aromatic rings. The fourth-order valence-corrected chi connectivity index (χ4v) is 3.50.